The number of hydrogen-bond donors (Lipinski definition) is 2. The molecule has 1 atom stereocenters. The zero-order chi connectivity index (χ0) is 26.3. The first-order chi connectivity index (χ1) is 17.7. The Morgan fingerprint density at radius 3 is 2.16 bits per heavy atom. The van der Waals surface area contributed by atoms with Gasteiger partial charge in [-0.05, 0) is 36.8 Å². The van der Waals surface area contributed by atoms with Crippen molar-refractivity contribution in [2.45, 2.75) is 25.6 Å². The van der Waals surface area contributed by atoms with Crippen LogP contribution in [0.5, 0.6) is 0 Å². The lowest BCUT2D eigenvalue weighted by Crippen LogP contribution is -2.58. The van der Waals surface area contributed by atoms with Gasteiger partial charge in [0.1, 0.15) is 0 Å². The normalized spacial score (nSPS) is 16.8. The molecule has 4 amide bonds. The van der Waals surface area contributed by atoms with Gasteiger partial charge >= 0.3 is 12.1 Å². The molecule has 0 saturated carbocycles. The number of nitrogens with zero attached hydrogens (tertiary/aromatic N) is 3. The van der Waals surface area contributed by atoms with Gasteiger partial charge in [-0.25, -0.2) is 9.59 Å². The van der Waals surface area contributed by atoms with Crippen LogP contribution in [-0.4, -0.2) is 51.5 Å². The van der Waals surface area contributed by atoms with Gasteiger partial charge in [0.25, 0.3) is 0 Å². The third-order valence-electron chi connectivity index (χ3n) is 6.79. The third kappa shape index (κ3) is 4.09. The number of carbonyl (C=O) groups excluding carboxylic acids is 3. The first kappa shape index (κ1) is 24.1. The zero-order valence-corrected chi connectivity index (χ0v) is 20.3. The molecule has 1 aliphatic heterocycles. The molecular formula is C28H25N4O5-. The Kier molecular flexibility index (Phi) is 5.93. The molecule has 0 unspecified atom stereocenters. The van der Waals surface area contributed by atoms with Gasteiger partial charge in [-0.15, -0.1) is 0 Å². The zero-order valence-electron chi connectivity index (χ0n) is 20.3. The van der Waals surface area contributed by atoms with Crippen LogP contribution < -0.4 is 15.3 Å². The van der Waals surface area contributed by atoms with Crippen molar-refractivity contribution in [1.82, 2.24) is 9.96 Å². The predicted octanol–water partition coefficient (Wildman–Crippen LogP) is 4.01. The smallest absolute Gasteiger partial charge is 0.347 e. The Morgan fingerprint density at radius 1 is 0.919 bits per heavy atom. The molecule has 0 spiro atoms. The van der Waals surface area contributed by atoms with Gasteiger partial charge in [0, 0.05) is 10.8 Å². The van der Waals surface area contributed by atoms with E-state index in [9.17, 15) is 24.7 Å². The SMILES string of the molecule is CC1(C)[C@@H](N(O)C(=O)Nc2cccc3ccccc23)N(c2cccc3ccccc23)C(=O)N1CC(=O)[O-]. The Balaban J connectivity index is 1.58. The van der Waals surface area contributed by atoms with Crippen LogP contribution in [0.2, 0.25) is 0 Å². The summed E-state index contributed by atoms with van der Waals surface area (Å²) in [7, 11) is 0. The summed E-state index contributed by atoms with van der Waals surface area (Å²) >= 11 is 0. The second-order valence-electron chi connectivity index (χ2n) is 9.44. The van der Waals surface area contributed by atoms with Crippen LogP contribution in [0.4, 0.5) is 21.0 Å². The number of anilines is 2. The summed E-state index contributed by atoms with van der Waals surface area (Å²) in [6.45, 7) is 2.48. The maximum Gasteiger partial charge on any atom is 0.347 e. The van der Waals surface area contributed by atoms with Crippen LogP contribution in [0.25, 0.3) is 21.5 Å². The van der Waals surface area contributed by atoms with E-state index in [4.69, 9.17) is 0 Å². The molecule has 0 bridgehead atoms. The average molecular weight is 498 g/mol. The fraction of sp³-hybridized carbons (Fsp3) is 0.179. The minimum absolute atomic E-state index is 0.430. The summed E-state index contributed by atoms with van der Waals surface area (Å²) in [6.07, 6.45) is -1.26. The van der Waals surface area contributed by atoms with Gasteiger partial charge in [0.15, 0.2) is 6.17 Å². The molecule has 9 nitrogen and oxygen atoms in total. The number of carboxylic acids is 1. The molecule has 9 heteroatoms. The van der Waals surface area contributed by atoms with E-state index in [1.165, 1.54) is 4.90 Å². The molecule has 0 aliphatic carbocycles. The summed E-state index contributed by atoms with van der Waals surface area (Å²) in [4.78, 5) is 40.9. The van der Waals surface area contributed by atoms with E-state index in [-0.39, 0.29) is 0 Å². The molecule has 1 heterocycles. The molecule has 0 radical (unpaired) electrons. The van der Waals surface area contributed by atoms with Crippen LogP contribution in [0.3, 0.4) is 0 Å². The van der Waals surface area contributed by atoms with Crippen LogP contribution >= 0.6 is 0 Å². The van der Waals surface area contributed by atoms with E-state index < -0.39 is 36.3 Å². The minimum Gasteiger partial charge on any atom is -0.548 e. The number of benzene rings is 4. The standard InChI is InChI=1S/C28H26N4O5/c1-28(2)25(32(37)26(35)29-22-15-7-11-18-9-3-5-13-20(18)22)31(27(36)30(28)17-24(33)34)23-16-8-12-19-10-4-6-14-21(19)23/h3-16,25,37H,17H2,1-2H3,(H,29,35)(H,33,34)/p-1/t25-/m1/s1. The van der Waals surface area contributed by atoms with Crippen molar-refractivity contribution in [1.29, 1.82) is 0 Å². The Morgan fingerprint density at radius 2 is 1.49 bits per heavy atom. The van der Waals surface area contributed by atoms with Crippen molar-refractivity contribution in [3.8, 4) is 0 Å². The molecule has 1 fully saturated rings. The number of rotatable bonds is 5. The summed E-state index contributed by atoms with van der Waals surface area (Å²) in [6, 6.07) is 24.0. The molecule has 4 aromatic rings. The summed E-state index contributed by atoms with van der Waals surface area (Å²) in [5, 5.41) is 29.2. The quantitative estimate of drug-likeness (QED) is 0.319. The number of hydroxylamine groups is 2. The maximum atomic E-state index is 13.7. The number of fused-ring (bicyclic) bond motifs is 2. The number of carbonyl (C=O) groups is 3. The molecular weight excluding hydrogens is 472 g/mol. The largest absolute Gasteiger partial charge is 0.548 e. The number of hydrogen-bond acceptors (Lipinski definition) is 5. The van der Waals surface area contributed by atoms with Crippen LogP contribution in [0, 0.1) is 0 Å². The van der Waals surface area contributed by atoms with Gasteiger partial charge in [0.2, 0.25) is 0 Å². The lowest BCUT2D eigenvalue weighted by atomic mass is 9.99. The van der Waals surface area contributed by atoms with E-state index in [0.717, 1.165) is 21.1 Å². The molecule has 5 rings (SSSR count). The van der Waals surface area contributed by atoms with E-state index in [1.807, 2.05) is 60.7 Å². The predicted molar refractivity (Wildman–Crippen MR) is 138 cm³/mol. The van der Waals surface area contributed by atoms with Crippen molar-refractivity contribution >= 4 is 51.0 Å². The summed E-state index contributed by atoms with van der Waals surface area (Å²) < 4.78 is 0. The Hall–Kier alpha value is -4.63. The molecule has 2 N–H and O–H groups in total. The lowest BCUT2D eigenvalue weighted by molar-refractivity contribution is -0.306. The van der Waals surface area contributed by atoms with Gasteiger partial charge in [-0.3, -0.25) is 10.1 Å². The van der Waals surface area contributed by atoms with Crippen molar-refractivity contribution < 1.29 is 24.7 Å². The number of carboxylic acid groups (broad SMARTS) is 1. The van der Waals surface area contributed by atoms with Crippen molar-refractivity contribution in [2.75, 3.05) is 16.8 Å². The Bertz CT molecular complexity index is 1530. The van der Waals surface area contributed by atoms with Crippen LogP contribution in [0.1, 0.15) is 13.8 Å². The summed E-state index contributed by atoms with van der Waals surface area (Å²) in [5.74, 6) is -1.45. The van der Waals surface area contributed by atoms with E-state index >= 15 is 0 Å². The molecule has 188 valence electrons. The highest BCUT2D eigenvalue weighted by molar-refractivity contribution is 6.07. The second-order valence-corrected chi connectivity index (χ2v) is 9.44. The van der Waals surface area contributed by atoms with Gasteiger partial charge in [0.05, 0.1) is 29.4 Å². The first-order valence-electron chi connectivity index (χ1n) is 11.8. The molecule has 1 aliphatic rings. The van der Waals surface area contributed by atoms with E-state index in [0.29, 0.717) is 21.8 Å². The van der Waals surface area contributed by atoms with Gasteiger partial charge < -0.3 is 20.1 Å². The van der Waals surface area contributed by atoms with E-state index in [1.54, 1.807) is 38.1 Å². The van der Waals surface area contributed by atoms with E-state index in [2.05, 4.69) is 5.32 Å². The number of nitrogens with one attached hydrogen (secondary N) is 1. The van der Waals surface area contributed by atoms with Crippen LogP contribution in [0.15, 0.2) is 84.9 Å². The molecule has 0 aromatic heterocycles. The van der Waals surface area contributed by atoms with Crippen molar-refractivity contribution in [3.63, 3.8) is 0 Å². The van der Waals surface area contributed by atoms with Crippen LogP contribution in [-0.2, 0) is 4.79 Å². The highest BCUT2D eigenvalue weighted by Gasteiger charge is 2.56. The third-order valence-corrected chi connectivity index (χ3v) is 6.79. The molecule has 37 heavy (non-hydrogen) atoms. The topological polar surface area (TPSA) is 116 Å². The second kappa shape index (κ2) is 9.11. The molecule has 4 aromatic carbocycles. The van der Waals surface area contributed by atoms with Gasteiger partial charge in [-0.1, -0.05) is 72.8 Å². The highest BCUT2D eigenvalue weighted by Crippen LogP contribution is 2.40. The van der Waals surface area contributed by atoms with Crippen molar-refractivity contribution in [3.05, 3.63) is 84.9 Å². The fourth-order valence-electron chi connectivity index (χ4n) is 5.02. The Labute approximate surface area is 213 Å². The van der Waals surface area contributed by atoms with Crippen molar-refractivity contribution in [2.24, 2.45) is 0 Å². The summed E-state index contributed by atoms with van der Waals surface area (Å²) in [5.41, 5.74) is -0.398. The lowest BCUT2D eigenvalue weighted by Gasteiger charge is -2.38. The first-order valence-corrected chi connectivity index (χ1v) is 11.8. The number of urea groups is 2. The average Bonchev–Trinajstić information content (AvgIpc) is 3.08. The number of aliphatic carboxylic acids is 1. The monoisotopic (exact) mass is 497 g/mol. The maximum absolute atomic E-state index is 13.7. The fourth-order valence-corrected chi connectivity index (χ4v) is 5.02. The molecule has 1 saturated heterocycles. The minimum atomic E-state index is -1.45. The highest BCUT2D eigenvalue weighted by atomic mass is 16.5. The number of amides is 4. The van der Waals surface area contributed by atoms with Gasteiger partial charge in [-0.2, -0.15) is 5.06 Å².